The molecule has 0 aliphatic carbocycles. The van der Waals surface area contributed by atoms with Crippen molar-refractivity contribution in [3.05, 3.63) is 94.5 Å². The maximum atomic E-state index is 14.7. The first kappa shape index (κ1) is 21.3. The van der Waals surface area contributed by atoms with E-state index in [-0.39, 0.29) is 11.3 Å². The zero-order valence-electron chi connectivity index (χ0n) is 16.0. The van der Waals surface area contributed by atoms with Crippen molar-refractivity contribution in [2.45, 2.75) is 0 Å². The molecular weight excluding hydrogens is 445 g/mol. The van der Waals surface area contributed by atoms with Gasteiger partial charge >= 0.3 is 6.03 Å². The average molecular weight is 457 g/mol. The number of nitrogens with one attached hydrogen (secondary N) is 2. The highest BCUT2D eigenvalue weighted by molar-refractivity contribution is 6.30. The van der Waals surface area contributed by atoms with E-state index in [9.17, 15) is 22.8 Å². The van der Waals surface area contributed by atoms with Crippen molar-refractivity contribution in [1.82, 2.24) is 9.97 Å². The molecule has 10 heteroatoms. The van der Waals surface area contributed by atoms with Crippen LogP contribution >= 0.6 is 11.6 Å². The van der Waals surface area contributed by atoms with E-state index in [1.54, 1.807) is 12.1 Å². The Morgan fingerprint density at radius 3 is 2.34 bits per heavy atom. The number of aromatic nitrogens is 2. The number of rotatable bonds is 4. The van der Waals surface area contributed by atoms with Crippen molar-refractivity contribution in [3.8, 4) is 0 Å². The van der Waals surface area contributed by atoms with Crippen LogP contribution in [0.3, 0.4) is 0 Å². The lowest BCUT2D eigenvalue weighted by molar-refractivity contribution is 0.103. The summed E-state index contributed by atoms with van der Waals surface area (Å²) in [5, 5.41) is 4.71. The normalized spacial score (nSPS) is 10.8. The van der Waals surface area contributed by atoms with Crippen molar-refractivity contribution in [3.63, 3.8) is 0 Å². The number of ketones is 1. The SMILES string of the molecule is O=C(Nc1cccc(Cl)c1)Nc1cc(F)c(C(=O)c2ccc3nccnc3c2)c(F)c1F. The summed E-state index contributed by atoms with van der Waals surface area (Å²) in [6.45, 7) is 0. The molecule has 0 saturated heterocycles. The molecule has 2 N–H and O–H groups in total. The van der Waals surface area contributed by atoms with Crippen molar-refractivity contribution in [2.75, 3.05) is 10.6 Å². The molecule has 0 spiro atoms. The van der Waals surface area contributed by atoms with Gasteiger partial charge in [-0.05, 0) is 36.4 Å². The number of urea groups is 1. The minimum atomic E-state index is -1.73. The van der Waals surface area contributed by atoms with Crippen LogP contribution in [0.1, 0.15) is 15.9 Å². The summed E-state index contributed by atoms with van der Waals surface area (Å²) in [5.74, 6) is -5.74. The first-order valence-corrected chi connectivity index (χ1v) is 9.48. The number of amides is 2. The third kappa shape index (κ3) is 4.23. The van der Waals surface area contributed by atoms with Gasteiger partial charge in [-0.3, -0.25) is 14.8 Å². The number of carbonyl (C=O) groups is 2. The maximum absolute atomic E-state index is 14.7. The number of carbonyl (C=O) groups excluding carboxylic acids is 2. The monoisotopic (exact) mass is 456 g/mol. The van der Waals surface area contributed by atoms with Crippen LogP contribution in [0.25, 0.3) is 11.0 Å². The van der Waals surface area contributed by atoms with E-state index in [1.807, 2.05) is 5.32 Å². The minimum absolute atomic E-state index is 0.102. The summed E-state index contributed by atoms with van der Waals surface area (Å²) in [4.78, 5) is 32.8. The summed E-state index contributed by atoms with van der Waals surface area (Å²) < 4.78 is 43.8. The van der Waals surface area contributed by atoms with Gasteiger partial charge in [0, 0.05) is 34.7 Å². The van der Waals surface area contributed by atoms with Crippen LogP contribution in [0.2, 0.25) is 5.02 Å². The van der Waals surface area contributed by atoms with E-state index in [0.29, 0.717) is 22.1 Å². The predicted molar refractivity (Wildman–Crippen MR) is 113 cm³/mol. The fourth-order valence-electron chi connectivity index (χ4n) is 2.99. The fourth-order valence-corrected chi connectivity index (χ4v) is 3.18. The third-order valence-electron chi connectivity index (χ3n) is 4.45. The Balaban J connectivity index is 1.61. The van der Waals surface area contributed by atoms with Gasteiger partial charge < -0.3 is 10.6 Å². The quantitative estimate of drug-likeness (QED) is 0.310. The van der Waals surface area contributed by atoms with E-state index in [4.69, 9.17) is 11.6 Å². The lowest BCUT2D eigenvalue weighted by Crippen LogP contribution is -2.21. The molecule has 1 heterocycles. The van der Waals surface area contributed by atoms with Gasteiger partial charge in [-0.1, -0.05) is 17.7 Å². The Morgan fingerprint density at radius 1 is 0.844 bits per heavy atom. The zero-order chi connectivity index (χ0) is 22.8. The standard InChI is InChI=1S/C22H12ClF3N4O2/c23-12-2-1-3-13(9-12)29-22(32)30-17-10-14(24)18(20(26)19(17)25)21(31)11-4-5-15-16(8-11)28-7-6-27-15/h1-10H,(H2,29,30,32). The molecule has 4 rings (SSSR count). The Labute approximate surface area is 184 Å². The summed E-state index contributed by atoms with van der Waals surface area (Å²) in [5.41, 5.74) is -0.888. The van der Waals surface area contributed by atoms with Gasteiger partial charge in [-0.2, -0.15) is 0 Å². The topological polar surface area (TPSA) is 84.0 Å². The van der Waals surface area contributed by atoms with E-state index in [2.05, 4.69) is 15.3 Å². The second kappa shape index (κ2) is 8.64. The number of halogens is 4. The lowest BCUT2D eigenvalue weighted by atomic mass is 10.0. The first-order chi connectivity index (χ1) is 15.3. The van der Waals surface area contributed by atoms with Gasteiger partial charge in [0.25, 0.3) is 0 Å². The van der Waals surface area contributed by atoms with E-state index < -0.39 is 40.5 Å². The maximum Gasteiger partial charge on any atom is 0.323 e. The van der Waals surface area contributed by atoms with E-state index in [1.165, 1.54) is 42.7 Å². The molecule has 0 saturated carbocycles. The van der Waals surface area contributed by atoms with Crippen molar-refractivity contribution in [2.24, 2.45) is 0 Å². The summed E-state index contributed by atoms with van der Waals surface area (Å²) in [7, 11) is 0. The van der Waals surface area contributed by atoms with Crippen molar-refractivity contribution < 1.29 is 22.8 Å². The van der Waals surface area contributed by atoms with Gasteiger partial charge in [0.05, 0.1) is 22.3 Å². The van der Waals surface area contributed by atoms with Crippen LogP contribution in [-0.4, -0.2) is 21.8 Å². The predicted octanol–water partition coefficient (Wildman–Crippen LogP) is 5.58. The number of benzene rings is 3. The van der Waals surface area contributed by atoms with E-state index >= 15 is 0 Å². The highest BCUT2D eigenvalue weighted by Crippen LogP contribution is 2.27. The summed E-state index contributed by atoms with van der Waals surface area (Å²) in [6, 6.07) is 9.71. The van der Waals surface area contributed by atoms with Crippen LogP contribution in [0.5, 0.6) is 0 Å². The molecule has 32 heavy (non-hydrogen) atoms. The van der Waals surface area contributed by atoms with Gasteiger partial charge in [-0.25, -0.2) is 18.0 Å². The highest BCUT2D eigenvalue weighted by Gasteiger charge is 2.26. The number of fused-ring (bicyclic) bond motifs is 1. The molecule has 4 aromatic rings. The number of nitrogens with zero attached hydrogens (tertiary/aromatic N) is 2. The first-order valence-electron chi connectivity index (χ1n) is 9.10. The van der Waals surface area contributed by atoms with Crippen LogP contribution in [0.15, 0.2) is 60.9 Å². The van der Waals surface area contributed by atoms with E-state index in [0.717, 1.165) is 0 Å². The number of hydrogen-bond acceptors (Lipinski definition) is 4. The van der Waals surface area contributed by atoms with Gasteiger partial charge in [0.2, 0.25) is 0 Å². The number of anilines is 2. The summed E-state index contributed by atoms with van der Waals surface area (Å²) >= 11 is 5.81. The molecule has 0 radical (unpaired) electrons. The number of hydrogen-bond donors (Lipinski definition) is 2. The van der Waals surface area contributed by atoms with Crippen LogP contribution in [0.4, 0.5) is 29.3 Å². The average Bonchev–Trinajstić information content (AvgIpc) is 2.77. The second-order valence-corrected chi connectivity index (χ2v) is 7.02. The third-order valence-corrected chi connectivity index (χ3v) is 4.68. The molecular formula is C22H12ClF3N4O2. The Hall–Kier alpha value is -3.98. The minimum Gasteiger partial charge on any atom is -0.308 e. The molecule has 1 aromatic heterocycles. The lowest BCUT2D eigenvalue weighted by Gasteiger charge is -2.12. The van der Waals surface area contributed by atoms with Gasteiger partial charge in [0.1, 0.15) is 5.82 Å². The largest absolute Gasteiger partial charge is 0.323 e. The van der Waals surface area contributed by atoms with Crippen LogP contribution in [-0.2, 0) is 0 Å². The summed E-state index contributed by atoms with van der Waals surface area (Å²) in [6.07, 6.45) is 2.85. The zero-order valence-corrected chi connectivity index (χ0v) is 16.8. The molecule has 0 atom stereocenters. The molecule has 160 valence electrons. The molecule has 2 amide bonds. The Bertz CT molecular complexity index is 1380. The molecule has 0 aliphatic rings. The fraction of sp³-hybridized carbons (Fsp3) is 0. The molecule has 0 bridgehead atoms. The van der Waals surface area contributed by atoms with Crippen LogP contribution in [0, 0.1) is 17.5 Å². The molecule has 0 aliphatic heterocycles. The molecule has 3 aromatic carbocycles. The smallest absolute Gasteiger partial charge is 0.308 e. The Morgan fingerprint density at radius 2 is 1.59 bits per heavy atom. The van der Waals surface area contributed by atoms with Gasteiger partial charge in [-0.15, -0.1) is 0 Å². The highest BCUT2D eigenvalue weighted by atomic mass is 35.5. The molecule has 0 unspecified atom stereocenters. The van der Waals surface area contributed by atoms with Crippen LogP contribution < -0.4 is 10.6 Å². The molecule has 0 fully saturated rings. The molecule has 6 nitrogen and oxygen atoms in total. The van der Waals surface area contributed by atoms with Crippen molar-refractivity contribution >= 4 is 45.8 Å². The van der Waals surface area contributed by atoms with Gasteiger partial charge in [0.15, 0.2) is 17.4 Å². The van der Waals surface area contributed by atoms with Crippen molar-refractivity contribution in [1.29, 1.82) is 0 Å². The Kier molecular flexibility index (Phi) is 5.74. The second-order valence-electron chi connectivity index (χ2n) is 6.59.